The third kappa shape index (κ3) is 3.95. The molecule has 2 heterocycles. The van der Waals surface area contributed by atoms with Crippen LogP contribution < -0.4 is 16.0 Å². The van der Waals surface area contributed by atoms with E-state index in [0.717, 1.165) is 4.57 Å². The predicted octanol–water partition coefficient (Wildman–Crippen LogP) is 2.13. The number of carbonyl (C=O) groups is 1. The second-order valence-electron chi connectivity index (χ2n) is 6.89. The highest BCUT2D eigenvalue weighted by molar-refractivity contribution is 8.00. The van der Waals surface area contributed by atoms with Crippen molar-refractivity contribution in [3.8, 4) is 5.75 Å². The van der Waals surface area contributed by atoms with Crippen LogP contribution in [0.1, 0.15) is 35.9 Å². The maximum Gasteiger partial charge on any atom is 0.332 e. The number of aryl methyl sites for hydroxylation is 1. The summed E-state index contributed by atoms with van der Waals surface area (Å²) in [6.07, 6.45) is 0. The first-order valence-corrected chi connectivity index (χ1v) is 10.0. The molecule has 3 rings (SSSR count). The van der Waals surface area contributed by atoms with Crippen LogP contribution in [-0.4, -0.2) is 37.7 Å². The van der Waals surface area contributed by atoms with Crippen LogP contribution in [-0.2, 0) is 14.1 Å². The van der Waals surface area contributed by atoms with Crippen molar-refractivity contribution in [2.75, 3.05) is 12.9 Å². The Balaban J connectivity index is 2.04. The first-order valence-electron chi connectivity index (χ1n) is 9.02. The zero-order valence-electron chi connectivity index (χ0n) is 16.9. The molecule has 0 aliphatic heterocycles. The molecule has 0 aliphatic rings. The molecule has 29 heavy (non-hydrogen) atoms. The van der Waals surface area contributed by atoms with E-state index in [1.807, 2.05) is 13.8 Å². The highest BCUT2D eigenvalue weighted by Crippen LogP contribution is 2.25. The van der Waals surface area contributed by atoms with Gasteiger partial charge in [0.05, 0.1) is 12.9 Å². The molecule has 0 aliphatic carbocycles. The van der Waals surface area contributed by atoms with Crippen molar-refractivity contribution >= 4 is 28.6 Å². The van der Waals surface area contributed by atoms with Gasteiger partial charge in [0.25, 0.3) is 5.56 Å². The zero-order chi connectivity index (χ0) is 21.3. The fourth-order valence-corrected chi connectivity index (χ4v) is 3.72. The Morgan fingerprint density at radius 1 is 1.10 bits per heavy atom. The Hall–Kier alpha value is -2.94. The first-order chi connectivity index (χ1) is 13.7. The number of thioether (sulfide) groups is 1. The standard InChI is InChI=1S/C20H22N4O4S/c1-11(2)16-21-17-15(19(26)24(4)20(27)23(17)3)18(22-16)29-10-14(25)12-6-8-13(28-5)9-7-12/h6-9,11H,10H2,1-5H3. The van der Waals surface area contributed by atoms with Crippen LogP contribution in [0.2, 0.25) is 0 Å². The molecular weight excluding hydrogens is 392 g/mol. The van der Waals surface area contributed by atoms with Crippen LogP contribution in [0.15, 0.2) is 38.9 Å². The predicted molar refractivity (Wildman–Crippen MR) is 112 cm³/mol. The molecule has 3 aromatic rings. The van der Waals surface area contributed by atoms with Gasteiger partial charge in [-0.25, -0.2) is 14.8 Å². The maximum atomic E-state index is 12.7. The Labute approximate surface area is 171 Å². The number of nitrogens with zero attached hydrogens (tertiary/aromatic N) is 4. The fraction of sp³-hybridized carbons (Fsp3) is 0.350. The lowest BCUT2D eigenvalue weighted by atomic mass is 10.1. The highest BCUT2D eigenvalue weighted by atomic mass is 32.2. The summed E-state index contributed by atoms with van der Waals surface area (Å²) < 4.78 is 7.47. The van der Waals surface area contributed by atoms with Gasteiger partial charge in [-0.2, -0.15) is 0 Å². The lowest BCUT2D eigenvalue weighted by Crippen LogP contribution is -2.38. The lowest BCUT2D eigenvalue weighted by molar-refractivity contribution is 0.102. The summed E-state index contributed by atoms with van der Waals surface area (Å²) >= 11 is 1.17. The van der Waals surface area contributed by atoms with Crippen molar-refractivity contribution in [3.63, 3.8) is 0 Å². The smallest absolute Gasteiger partial charge is 0.332 e. The van der Waals surface area contributed by atoms with E-state index in [1.54, 1.807) is 38.4 Å². The summed E-state index contributed by atoms with van der Waals surface area (Å²) in [6.45, 7) is 3.86. The number of Topliss-reactive ketones (excluding diaryl/α,β-unsaturated/α-hetero) is 1. The summed E-state index contributed by atoms with van der Waals surface area (Å²) in [5.74, 6) is 1.18. The average Bonchev–Trinajstić information content (AvgIpc) is 2.73. The molecule has 0 spiro atoms. The third-order valence-corrected chi connectivity index (χ3v) is 5.53. The number of ketones is 1. The topological polar surface area (TPSA) is 96.1 Å². The van der Waals surface area contributed by atoms with Crippen molar-refractivity contribution in [3.05, 3.63) is 56.5 Å². The largest absolute Gasteiger partial charge is 0.497 e. The molecular formula is C20H22N4O4S. The van der Waals surface area contributed by atoms with Gasteiger partial charge < -0.3 is 4.74 Å². The second kappa shape index (κ2) is 8.20. The van der Waals surface area contributed by atoms with Crippen LogP contribution in [0.3, 0.4) is 0 Å². The van der Waals surface area contributed by atoms with Crippen molar-refractivity contribution in [2.24, 2.45) is 14.1 Å². The van der Waals surface area contributed by atoms with Gasteiger partial charge in [0.15, 0.2) is 11.4 Å². The quantitative estimate of drug-likeness (QED) is 0.346. The molecule has 0 fully saturated rings. The fourth-order valence-electron chi connectivity index (χ4n) is 2.80. The number of carbonyl (C=O) groups excluding carboxylic acids is 1. The molecule has 8 nitrogen and oxygen atoms in total. The van der Waals surface area contributed by atoms with Crippen LogP contribution in [0.25, 0.3) is 11.0 Å². The summed E-state index contributed by atoms with van der Waals surface area (Å²) in [5, 5.41) is 0.642. The monoisotopic (exact) mass is 414 g/mol. The molecule has 0 radical (unpaired) electrons. The van der Waals surface area contributed by atoms with E-state index in [9.17, 15) is 14.4 Å². The molecule has 9 heteroatoms. The molecule has 0 N–H and O–H groups in total. The zero-order valence-corrected chi connectivity index (χ0v) is 17.7. The van der Waals surface area contributed by atoms with E-state index in [2.05, 4.69) is 9.97 Å². The minimum atomic E-state index is -0.474. The van der Waals surface area contributed by atoms with E-state index in [-0.39, 0.29) is 28.5 Å². The van der Waals surface area contributed by atoms with E-state index in [0.29, 0.717) is 22.2 Å². The van der Waals surface area contributed by atoms with E-state index in [1.165, 1.54) is 23.4 Å². The molecule has 1 aromatic carbocycles. The third-order valence-electron chi connectivity index (χ3n) is 4.55. The van der Waals surface area contributed by atoms with Crippen LogP contribution >= 0.6 is 11.8 Å². The summed E-state index contributed by atoms with van der Waals surface area (Å²) in [7, 11) is 4.54. The van der Waals surface area contributed by atoms with Gasteiger partial charge in [-0.15, -0.1) is 0 Å². The van der Waals surface area contributed by atoms with Crippen LogP contribution in [0.5, 0.6) is 5.75 Å². The Bertz CT molecular complexity index is 1200. The van der Waals surface area contributed by atoms with E-state index >= 15 is 0 Å². The Morgan fingerprint density at radius 3 is 2.34 bits per heavy atom. The van der Waals surface area contributed by atoms with Gasteiger partial charge >= 0.3 is 5.69 Å². The van der Waals surface area contributed by atoms with Gasteiger partial charge in [0.2, 0.25) is 0 Å². The highest BCUT2D eigenvalue weighted by Gasteiger charge is 2.19. The van der Waals surface area contributed by atoms with Crippen LogP contribution in [0.4, 0.5) is 0 Å². The van der Waals surface area contributed by atoms with Gasteiger partial charge in [0.1, 0.15) is 22.0 Å². The molecule has 0 bridgehead atoms. The minimum Gasteiger partial charge on any atom is -0.497 e. The number of fused-ring (bicyclic) bond motifs is 1. The number of rotatable bonds is 6. The molecule has 0 atom stereocenters. The second-order valence-corrected chi connectivity index (χ2v) is 7.85. The van der Waals surface area contributed by atoms with Gasteiger partial charge in [-0.05, 0) is 24.3 Å². The molecule has 2 aromatic heterocycles. The molecule has 152 valence electrons. The Kier molecular flexibility index (Phi) is 5.88. The summed E-state index contributed by atoms with van der Waals surface area (Å²) in [5.41, 5.74) is -0.115. The van der Waals surface area contributed by atoms with Gasteiger partial charge in [-0.3, -0.25) is 18.7 Å². The van der Waals surface area contributed by atoms with Crippen molar-refractivity contribution in [1.29, 1.82) is 0 Å². The normalized spacial score (nSPS) is 11.2. The summed E-state index contributed by atoms with van der Waals surface area (Å²) in [4.78, 5) is 46.6. The first kappa shape index (κ1) is 20.8. The number of hydrogen-bond donors (Lipinski definition) is 0. The molecule has 0 saturated carbocycles. The SMILES string of the molecule is COc1ccc(C(=O)CSc2nc(C(C)C)nc3c2c(=O)n(C)c(=O)n3C)cc1. The van der Waals surface area contributed by atoms with Gasteiger partial charge in [-0.1, -0.05) is 25.6 Å². The van der Waals surface area contributed by atoms with E-state index in [4.69, 9.17) is 4.74 Å². The number of hydrogen-bond acceptors (Lipinski definition) is 7. The number of aromatic nitrogens is 4. The summed E-state index contributed by atoms with van der Waals surface area (Å²) in [6, 6.07) is 6.84. The van der Waals surface area contributed by atoms with Crippen molar-refractivity contribution in [2.45, 2.75) is 24.8 Å². The van der Waals surface area contributed by atoms with Crippen molar-refractivity contribution in [1.82, 2.24) is 19.1 Å². The van der Waals surface area contributed by atoms with Crippen molar-refractivity contribution < 1.29 is 9.53 Å². The number of ether oxygens (including phenoxy) is 1. The number of benzene rings is 1. The van der Waals surface area contributed by atoms with Gasteiger partial charge in [0, 0.05) is 25.6 Å². The molecule has 0 saturated heterocycles. The van der Waals surface area contributed by atoms with E-state index < -0.39 is 11.2 Å². The molecule has 0 unspecified atom stereocenters. The average molecular weight is 414 g/mol. The maximum absolute atomic E-state index is 12.7. The molecule has 0 amide bonds. The minimum absolute atomic E-state index is 0.00444. The lowest BCUT2D eigenvalue weighted by Gasteiger charge is -2.13. The van der Waals surface area contributed by atoms with Crippen LogP contribution in [0, 0.1) is 0 Å². The Morgan fingerprint density at radius 2 is 1.76 bits per heavy atom. The number of methoxy groups -OCH3 is 1.